The Morgan fingerprint density at radius 2 is 2.39 bits per heavy atom. The van der Waals surface area contributed by atoms with E-state index in [2.05, 4.69) is 51.0 Å². The summed E-state index contributed by atoms with van der Waals surface area (Å²) in [5.74, 6) is 1.93. The Bertz CT molecular complexity index is 395. The topological polar surface area (TPSA) is 28.2 Å². The molecule has 2 heterocycles. The second-order valence-electron chi connectivity index (χ2n) is 5.11. The zero-order valence-corrected chi connectivity index (χ0v) is 12.8. The van der Waals surface area contributed by atoms with E-state index in [0.29, 0.717) is 0 Å². The normalized spacial score (nSPS) is 20.2. The van der Waals surface area contributed by atoms with Gasteiger partial charge in [-0.2, -0.15) is 0 Å². The minimum atomic E-state index is 0.774. The van der Waals surface area contributed by atoms with Crippen LogP contribution in [0.15, 0.2) is 16.7 Å². The van der Waals surface area contributed by atoms with Crippen molar-refractivity contribution in [1.82, 2.24) is 10.3 Å². The molecule has 0 aliphatic carbocycles. The van der Waals surface area contributed by atoms with E-state index in [-0.39, 0.29) is 0 Å². The van der Waals surface area contributed by atoms with Gasteiger partial charge in [0.15, 0.2) is 0 Å². The predicted molar refractivity (Wildman–Crippen MR) is 79.9 cm³/mol. The summed E-state index contributed by atoms with van der Waals surface area (Å²) in [5, 5.41) is 3.39. The van der Waals surface area contributed by atoms with Crippen LogP contribution in [-0.4, -0.2) is 24.6 Å². The lowest BCUT2D eigenvalue weighted by molar-refractivity contribution is 0.443. The van der Waals surface area contributed by atoms with Crippen molar-refractivity contribution in [3.8, 4) is 0 Å². The van der Waals surface area contributed by atoms with E-state index in [9.17, 15) is 0 Å². The molecule has 0 radical (unpaired) electrons. The average Bonchev–Trinajstić information content (AvgIpc) is 2.36. The molecule has 0 spiro atoms. The lowest BCUT2D eigenvalue weighted by Crippen LogP contribution is -2.35. The first-order chi connectivity index (χ1) is 8.70. The highest BCUT2D eigenvalue weighted by Gasteiger charge is 2.19. The number of hydrogen-bond donors (Lipinski definition) is 1. The zero-order valence-electron chi connectivity index (χ0n) is 11.2. The van der Waals surface area contributed by atoms with Crippen LogP contribution in [0, 0.1) is 5.92 Å². The number of hydrogen-bond acceptors (Lipinski definition) is 3. The summed E-state index contributed by atoms with van der Waals surface area (Å²) in [5.41, 5.74) is 1.29. The number of halogens is 1. The van der Waals surface area contributed by atoms with Gasteiger partial charge in [-0.25, -0.2) is 4.98 Å². The molecule has 1 N–H and O–H groups in total. The molecule has 1 atom stereocenters. The van der Waals surface area contributed by atoms with Crippen molar-refractivity contribution in [2.75, 3.05) is 24.5 Å². The quantitative estimate of drug-likeness (QED) is 0.925. The van der Waals surface area contributed by atoms with Crippen LogP contribution in [-0.2, 0) is 6.54 Å². The van der Waals surface area contributed by atoms with Crippen molar-refractivity contribution in [2.45, 2.75) is 33.2 Å². The zero-order chi connectivity index (χ0) is 13.0. The van der Waals surface area contributed by atoms with Crippen molar-refractivity contribution >= 4 is 21.7 Å². The molecule has 18 heavy (non-hydrogen) atoms. The molecule has 2 rings (SSSR count). The van der Waals surface area contributed by atoms with Crippen molar-refractivity contribution in [3.63, 3.8) is 0 Å². The molecule has 1 fully saturated rings. The molecule has 4 heteroatoms. The van der Waals surface area contributed by atoms with Gasteiger partial charge in [0.2, 0.25) is 0 Å². The van der Waals surface area contributed by atoms with E-state index in [1.54, 1.807) is 0 Å². The molecule has 1 aliphatic heterocycles. The average molecular weight is 312 g/mol. The SMILES string of the molecule is CCNCc1cc(Br)cnc1N1CCCC(C)C1. The number of aromatic nitrogens is 1. The van der Waals surface area contributed by atoms with Gasteiger partial charge in [0.1, 0.15) is 5.82 Å². The highest BCUT2D eigenvalue weighted by molar-refractivity contribution is 9.10. The smallest absolute Gasteiger partial charge is 0.133 e. The van der Waals surface area contributed by atoms with Crippen LogP contribution in [0.2, 0.25) is 0 Å². The van der Waals surface area contributed by atoms with Gasteiger partial charge >= 0.3 is 0 Å². The first-order valence-electron chi connectivity index (χ1n) is 6.80. The molecule has 0 amide bonds. The molecular weight excluding hydrogens is 290 g/mol. The Morgan fingerprint density at radius 1 is 1.56 bits per heavy atom. The summed E-state index contributed by atoms with van der Waals surface area (Å²) in [7, 11) is 0. The standard InChI is InChI=1S/C14H22BrN3/c1-3-16-8-12-7-13(15)9-17-14(12)18-6-4-5-11(2)10-18/h7,9,11,16H,3-6,8,10H2,1-2H3. The molecule has 1 saturated heterocycles. The lowest BCUT2D eigenvalue weighted by Gasteiger charge is -2.33. The van der Waals surface area contributed by atoms with Gasteiger partial charge in [-0.3, -0.25) is 0 Å². The Labute approximate surface area is 118 Å². The number of rotatable bonds is 4. The maximum Gasteiger partial charge on any atom is 0.133 e. The fourth-order valence-corrected chi connectivity index (χ4v) is 2.91. The predicted octanol–water partition coefficient (Wildman–Crippen LogP) is 3.19. The number of nitrogens with one attached hydrogen (secondary N) is 1. The van der Waals surface area contributed by atoms with Gasteiger partial charge in [0.05, 0.1) is 0 Å². The van der Waals surface area contributed by atoms with E-state index in [1.807, 2.05) is 6.20 Å². The Kier molecular flexibility index (Phi) is 5.01. The van der Waals surface area contributed by atoms with Crippen LogP contribution in [0.25, 0.3) is 0 Å². The van der Waals surface area contributed by atoms with Crippen LogP contribution < -0.4 is 10.2 Å². The van der Waals surface area contributed by atoms with Crippen LogP contribution in [0.5, 0.6) is 0 Å². The third-order valence-electron chi connectivity index (χ3n) is 3.43. The number of anilines is 1. The number of pyridine rings is 1. The fraction of sp³-hybridized carbons (Fsp3) is 0.643. The monoisotopic (exact) mass is 311 g/mol. The van der Waals surface area contributed by atoms with Crippen LogP contribution in [0.4, 0.5) is 5.82 Å². The Morgan fingerprint density at radius 3 is 3.11 bits per heavy atom. The van der Waals surface area contributed by atoms with Gasteiger partial charge < -0.3 is 10.2 Å². The third-order valence-corrected chi connectivity index (χ3v) is 3.87. The van der Waals surface area contributed by atoms with Gasteiger partial charge in [-0.05, 0) is 47.3 Å². The summed E-state index contributed by atoms with van der Waals surface area (Å²) in [6.07, 6.45) is 4.53. The van der Waals surface area contributed by atoms with Crippen LogP contribution in [0.1, 0.15) is 32.3 Å². The molecule has 1 aromatic heterocycles. The summed E-state index contributed by atoms with van der Waals surface area (Å²) in [6, 6.07) is 2.18. The molecule has 1 aromatic rings. The summed E-state index contributed by atoms with van der Waals surface area (Å²) in [4.78, 5) is 7.07. The van der Waals surface area contributed by atoms with Crippen molar-refractivity contribution < 1.29 is 0 Å². The maximum absolute atomic E-state index is 4.63. The highest BCUT2D eigenvalue weighted by Crippen LogP contribution is 2.26. The van der Waals surface area contributed by atoms with Gasteiger partial charge in [0, 0.05) is 35.9 Å². The number of nitrogens with zero attached hydrogens (tertiary/aromatic N) is 2. The van der Waals surface area contributed by atoms with Crippen molar-refractivity contribution in [3.05, 3.63) is 22.3 Å². The Balaban J connectivity index is 2.19. The molecule has 0 saturated carbocycles. The van der Waals surface area contributed by atoms with E-state index in [1.165, 1.54) is 18.4 Å². The molecule has 3 nitrogen and oxygen atoms in total. The lowest BCUT2D eigenvalue weighted by atomic mass is 10.00. The highest BCUT2D eigenvalue weighted by atomic mass is 79.9. The van der Waals surface area contributed by atoms with Crippen molar-refractivity contribution in [2.24, 2.45) is 5.92 Å². The van der Waals surface area contributed by atoms with E-state index >= 15 is 0 Å². The van der Waals surface area contributed by atoms with E-state index in [4.69, 9.17) is 0 Å². The molecule has 1 unspecified atom stereocenters. The first kappa shape index (κ1) is 13.8. The largest absolute Gasteiger partial charge is 0.356 e. The first-order valence-corrected chi connectivity index (χ1v) is 7.60. The Hall–Kier alpha value is -0.610. The molecule has 1 aliphatic rings. The second-order valence-corrected chi connectivity index (χ2v) is 6.03. The molecule has 100 valence electrons. The second kappa shape index (κ2) is 6.53. The third kappa shape index (κ3) is 3.45. The fourth-order valence-electron chi connectivity index (χ4n) is 2.53. The number of piperidine rings is 1. The van der Waals surface area contributed by atoms with Gasteiger partial charge in [0.25, 0.3) is 0 Å². The summed E-state index contributed by atoms with van der Waals surface area (Å²) >= 11 is 3.52. The van der Waals surface area contributed by atoms with E-state index < -0.39 is 0 Å². The van der Waals surface area contributed by atoms with Gasteiger partial charge in [-0.15, -0.1) is 0 Å². The molecular formula is C14H22BrN3. The minimum absolute atomic E-state index is 0.774. The van der Waals surface area contributed by atoms with E-state index in [0.717, 1.165) is 42.4 Å². The minimum Gasteiger partial charge on any atom is -0.356 e. The summed E-state index contributed by atoms with van der Waals surface area (Å²) < 4.78 is 1.06. The summed E-state index contributed by atoms with van der Waals surface area (Å²) in [6.45, 7) is 8.61. The molecule has 0 bridgehead atoms. The maximum atomic E-state index is 4.63. The molecule has 0 aromatic carbocycles. The van der Waals surface area contributed by atoms with Crippen LogP contribution >= 0.6 is 15.9 Å². The van der Waals surface area contributed by atoms with Crippen LogP contribution in [0.3, 0.4) is 0 Å². The van der Waals surface area contributed by atoms with Gasteiger partial charge in [-0.1, -0.05) is 13.8 Å². The van der Waals surface area contributed by atoms with Crippen molar-refractivity contribution in [1.29, 1.82) is 0 Å².